The van der Waals surface area contributed by atoms with Gasteiger partial charge in [0, 0.05) is 0 Å². The molecule has 0 aliphatic carbocycles. The van der Waals surface area contributed by atoms with E-state index >= 15 is 0 Å². The number of halogens is 1. The molecule has 0 aliphatic heterocycles. The van der Waals surface area contributed by atoms with Crippen LogP contribution in [0.1, 0.15) is 5.56 Å². The van der Waals surface area contributed by atoms with E-state index < -0.39 is 12.2 Å². The third kappa shape index (κ3) is 3.64. The molecule has 0 aliphatic rings. The van der Waals surface area contributed by atoms with Gasteiger partial charge in [-0.1, -0.05) is 24.8 Å². The highest BCUT2D eigenvalue weighted by molar-refractivity contribution is 5.65. The zero-order valence-electron chi connectivity index (χ0n) is 7.90. The summed E-state index contributed by atoms with van der Waals surface area (Å²) in [6.07, 6.45) is 0.486. The van der Waals surface area contributed by atoms with E-state index in [4.69, 9.17) is 0 Å². The number of hydrogen-bond acceptors (Lipinski definition) is 3. The first-order valence-corrected chi connectivity index (χ1v) is 4.08. The van der Waals surface area contributed by atoms with E-state index in [1.165, 1.54) is 0 Å². The van der Waals surface area contributed by atoms with Crippen LogP contribution in [0.15, 0.2) is 43.4 Å². The second kappa shape index (κ2) is 4.95. The van der Waals surface area contributed by atoms with E-state index in [9.17, 15) is 9.18 Å². The summed E-state index contributed by atoms with van der Waals surface area (Å²) < 4.78 is 20.6. The first-order chi connectivity index (χ1) is 7.11. The Labute approximate surface area is 86.4 Å². The van der Waals surface area contributed by atoms with Crippen LogP contribution in [0.2, 0.25) is 0 Å². The van der Waals surface area contributed by atoms with E-state index in [0.29, 0.717) is 0 Å². The highest BCUT2D eigenvalue weighted by Gasteiger charge is 2.07. The molecule has 0 N–H and O–H groups in total. The number of benzene rings is 1. The first-order valence-electron chi connectivity index (χ1n) is 4.08. The normalized spacial score (nSPS) is 9.13. The lowest BCUT2D eigenvalue weighted by Crippen LogP contribution is -2.08. The second-order valence-corrected chi connectivity index (χ2v) is 2.58. The summed E-state index contributed by atoms with van der Waals surface area (Å²) in [6.45, 7) is 6.33. The smallest absolute Gasteiger partial charge is 0.395 e. The van der Waals surface area contributed by atoms with E-state index in [2.05, 4.69) is 22.6 Å². The van der Waals surface area contributed by atoms with Crippen LogP contribution in [-0.2, 0) is 4.74 Å². The van der Waals surface area contributed by atoms with Crippen LogP contribution < -0.4 is 4.74 Å². The zero-order chi connectivity index (χ0) is 11.3. The molecule has 1 aromatic carbocycles. The van der Waals surface area contributed by atoms with Crippen molar-refractivity contribution in [3.05, 3.63) is 49.0 Å². The number of hydrogen-bond donors (Lipinski definition) is 0. The Bertz CT molecular complexity index is 381. The van der Waals surface area contributed by atoms with Crippen molar-refractivity contribution in [1.29, 1.82) is 0 Å². The average Bonchev–Trinajstić information content (AvgIpc) is 2.17. The maximum Gasteiger partial charge on any atom is 0.521 e. The van der Waals surface area contributed by atoms with E-state index in [-0.39, 0.29) is 5.75 Å². The fourth-order valence-corrected chi connectivity index (χ4v) is 0.879. The molecule has 0 radical (unpaired) electrons. The maximum atomic E-state index is 12.0. The third-order valence-electron chi connectivity index (χ3n) is 1.51. The number of rotatable bonds is 3. The topological polar surface area (TPSA) is 35.5 Å². The minimum Gasteiger partial charge on any atom is -0.395 e. The van der Waals surface area contributed by atoms with Crippen LogP contribution in [0.25, 0.3) is 6.08 Å². The molecule has 4 heteroatoms. The fourth-order valence-electron chi connectivity index (χ4n) is 0.879. The summed E-state index contributed by atoms with van der Waals surface area (Å²) in [6, 6.07) is 5.26. The van der Waals surface area contributed by atoms with Crippen LogP contribution in [0.4, 0.5) is 9.18 Å². The van der Waals surface area contributed by atoms with E-state index in [1.54, 1.807) is 30.3 Å². The van der Waals surface area contributed by atoms with Gasteiger partial charge in [0.1, 0.15) is 5.75 Å². The summed E-state index contributed by atoms with van der Waals surface area (Å²) in [5.74, 6) is 0.256. The lowest BCUT2D eigenvalue weighted by atomic mass is 10.2. The molecule has 0 saturated heterocycles. The fraction of sp³-hybridized carbons (Fsp3) is 0. The Balaban J connectivity index is 2.61. The largest absolute Gasteiger partial charge is 0.521 e. The lowest BCUT2D eigenvalue weighted by Gasteiger charge is -2.03. The van der Waals surface area contributed by atoms with Crippen molar-refractivity contribution >= 4 is 12.2 Å². The van der Waals surface area contributed by atoms with Crippen molar-refractivity contribution in [3.8, 4) is 5.75 Å². The van der Waals surface area contributed by atoms with Crippen molar-refractivity contribution < 1.29 is 18.7 Å². The summed E-state index contributed by atoms with van der Waals surface area (Å²) in [5.41, 5.74) is 0.880. The molecule has 1 rings (SSSR count). The number of ether oxygens (including phenoxy) is 2. The quantitative estimate of drug-likeness (QED) is 0.434. The van der Waals surface area contributed by atoms with Gasteiger partial charge in [0.2, 0.25) is 0 Å². The van der Waals surface area contributed by atoms with Crippen molar-refractivity contribution in [1.82, 2.24) is 0 Å². The Hall–Kier alpha value is -2.10. The van der Waals surface area contributed by atoms with Gasteiger partial charge in [-0.05, 0) is 24.3 Å². The zero-order valence-corrected chi connectivity index (χ0v) is 7.90. The molecule has 0 heterocycles. The van der Waals surface area contributed by atoms with Gasteiger partial charge in [0.05, 0.1) is 0 Å². The Morgan fingerprint density at radius 1 is 1.33 bits per heavy atom. The summed E-state index contributed by atoms with van der Waals surface area (Å²) in [7, 11) is 0. The van der Waals surface area contributed by atoms with Gasteiger partial charge in [0.15, 0.2) is 0 Å². The average molecular weight is 208 g/mol. The van der Waals surface area contributed by atoms with E-state index in [0.717, 1.165) is 5.56 Å². The Morgan fingerprint density at radius 2 is 1.93 bits per heavy atom. The van der Waals surface area contributed by atoms with Crippen molar-refractivity contribution in [3.63, 3.8) is 0 Å². The van der Waals surface area contributed by atoms with Gasteiger partial charge in [0.25, 0.3) is 6.01 Å². The first kappa shape index (κ1) is 11.0. The van der Waals surface area contributed by atoms with Gasteiger partial charge in [-0.3, -0.25) is 0 Å². The molecule has 78 valence electrons. The lowest BCUT2D eigenvalue weighted by molar-refractivity contribution is 0.106. The van der Waals surface area contributed by atoms with Crippen LogP contribution >= 0.6 is 0 Å². The van der Waals surface area contributed by atoms with Crippen LogP contribution in [0.5, 0.6) is 5.75 Å². The highest BCUT2D eigenvalue weighted by atomic mass is 19.1. The van der Waals surface area contributed by atoms with Crippen molar-refractivity contribution in [2.24, 2.45) is 0 Å². The monoisotopic (exact) mass is 208 g/mol. The molecule has 15 heavy (non-hydrogen) atoms. The number of carbonyl (C=O) groups is 1. The highest BCUT2D eigenvalue weighted by Crippen LogP contribution is 2.14. The molecular weight excluding hydrogens is 199 g/mol. The molecule has 0 saturated carbocycles. The summed E-state index contributed by atoms with van der Waals surface area (Å²) in [5, 5.41) is 0. The second-order valence-electron chi connectivity index (χ2n) is 2.58. The molecule has 0 bridgehead atoms. The van der Waals surface area contributed by atoms with Crippen LogP contribution in [0, 0.1) is 0 Å². The Morgan fingerprint density at radius 3 is 2.40 bits per heavy atom. The van der Waals surface area contributed by atoms with Crippen LogP contribution in [-0.4, -0.2) is 6.16 Å². The molecule has 0 fully saturated rings. The molecule has 3 nitrogen and oxygen atoms in total. The Kier molecular flexibility index (Phi) is 3.62. The molecule has 0 amide bonds. The molecule has 0 aromatic heterocycles. The standard InChI is InChI=1S/C11H9FO3/c1-3-9-4-6-10(7-5-9)15-11(13)14-8(2)12/h3-7H,1-2H2. The summed E-state index contributed by atoms with van der Waals surface area (Å²) in [4.78, 5) is 10.8. The maximum absolute atomic E-state index is 12.0. The predicted molar refractivity (Wildman–Crippen MR) is 53.9 cm³/mol. The van der Waals surface area contributed by atoms with E-state index in [1.807, 2.05) is 0 Å². The SMILES string of the molecule is C=Cc1ccc(OC(=O)OC(=C)F)cc1. The molecule has 0 unspecified atom stereocenters. The molecule has 0 atom stereocenters. The van der Waals surface area contributed by atoms with Gasteiger partial charge >= 0.3 is 6.16 Å². The minimum atomic E-state index is -1.21. The van der Waals surface area contributed by atoms with Gasteiger partial charge in [-0.2, -0.15) is 4.39 Å². The molecular formula is C11H9FO3. The predicted octanol–water partition coefficient (Wildman–Crippen LogP) is 3.29. The minimum absolute atomic E-state index is 0.256. The number of carbonyl (C=O) groups excluding carboxylic acids is 1. The van der Waals surface area contributed by atoms with Crippen molar-refractivity contribution in [2.45, 2.75) is 0 Å². The summed E-state index contributed by atoms with van der Waals surface area (Å²) >= 11 is 0. The van der Waals surface area contributed by atoms with Crippen LogP contribution in [0.3, 0.4) is 0 Å². The van der Waals surface area contributed by atoms with Gasteiger partial charge < -0.3 is 9.47 Å². The van der Waals surface area contributed by atoms with Gasteiger partial charge in [-0.15, -0.1) is 0 Å². The van der Waals surface area contributed by atoms with Gasteiger partial charge in [-0.25, -0.2) is 4.79 Å². The van der Waals surface area contributed by atoms with Crippen molar-refractivity contribution in [2.75, 3.05) is 0 Å². The molecule has 0 spiro atoms. The third-order valence-corrected chi connectivity index (χ3v) is 1.51. The molecule has 1 aromatic rings.